The van der Waals surface area contributed by atoms with Crippen LogP contribution in [-0.4, -0.2) is 29.6 Å². The average Bonchev–Trinajstić information content (AvgIpc) is 2.37. The molecule has 1 aliphatic heterocycles. The summed E-state index contributed by atoms with van der Waals surface area (Å²) in [4.78, 5) is 11.1. The molecule has 0 bridgehead atoms. The zero-order valence-corrected chi connectivity index (χ0v) is 10.4. The van der Waals surface area contributed by atoms with Gasteiger partial charge in [-0.05, 0) is 24.8 Å². The molecule has 0 amide bonds. The number of piperidine rings is 1. The molecule has 2 heterocycles. The van der Waals surface area contributed by atoms with Gasteiger partial charge in [0.05, 0.1) is 0 Å². The molecule has 0 atom stereocenters. The van der Waals surface area contributed by atoms with Gasteiger partial charge in [0.15, 0.2) is 0 Å². The van der Waals surface area contributed by atoms with E-state index in [0.717, 1.165) is 37.3 Å². The summed E-state index contributed by atoms with van der Waals surface area (Å²) in [6, 6.07) is 1.89. The number of nitrogens with zero attached hydrogens (tertiary/aromatic N) is 3. The first kappa shape index (κ1) is 11.9. The molecule has 1 N–H and O–H groups in total. The highest BCUT2D eigenvalue weighted by atomic mass is 15.3. The Labute approximate surface area is 103 Å². The standard InChI is InChI=1S/C13H20N4/c1-3-7-14-12-4-8-15-13(16-12)17-9-5-11(2)6-10-17/h3-4,8,11H,1,5-7,9-10H2,2H3,(H,14,15,16). The van der Waals surface area contributed by atoms with Crippen LogP contribution in [0.4, 0.5) is 11.8 Å². The van der Waals surface area contributed by atoms with Crippen molar-refractivity contribution in [1.82, 2.24) is 9.97 Å². The Hall–Kier alpha value is -1.58. The zero-order chi connectivity index (χ0) is 12.1. The van der Waals surface area contributed by atoms with E-state index in [4.69, 9.17) is 0 Å². The lowest BCUT2D eigenvalue weighted by Gasteiger charge is -2.30. The second-order valence-electron chi connectivity index (χ2n) is 4.58. The van der Waals surface area contributed by atoms with Crippen molar-refractivity contribution in [1.29, 1.82) is 0 Å². The Balaban J connectivity index is 2.02. The van der Waals surface area contributed by atoms with Gasteiger partial charge in [0.1, 0.15) is 5.82 Å². The van der Waals surface area contributed by atoms with Crippen molar-refractivity contribution in [3.63, 3.8) is 0 Å². The van der Waals surface area contributed by atoms with Gasteiger partial charge in [0.2, 0.25) is 5.95 Å². The molecule has 0 spiro atoms. The third-order valence-electron chi connectivity index (χ3n) is 3.14. The van der Waals surface area contributed by atoms with Gasteiger partial charge in [-0.1, -0.05) is 13.0 Å². The van der Waals surface area contributed by atoms with Crippen LogP contribution >= 0.6 is 0 Å². The highest BCUT2D eigenvalue weighted by Crippen LogP contribution is 2.20. The van der Waals surface area contributed by atoms with Gasteiger partial charge >= 0.3 is 0 Å². The van der Waals surface area contributed by atoms with E-state index in [1.807, 2.05) is 18.3 Å². The maximum Gasteiger partial charge on any atom is 0.227 e. The molecule has 0 aliphatic carbocycles. The topological polar surface area (TPSA) is 41.1 Å². The molecule has 0 unspecified atom stereocenters. The number of nitrogens with one attached hydrogen (secondary N) is 1. The molecule has 4 nitrogen and oxygen atoms in total. The van der Waals surface area contributed by atoms with Crippen LogP contribution in [0.3, 0.4) is 0 Å². The average molecular weight is 232 g/mol. The van der Waals surface area contributed by atoms with E-state index >= 15 is 0 Å². The molecule has 17 heavy (non-hydrogen) atoms. The number of aromatic nitrogens is 2. The summed E-state index contributed by atoms with van der Waals surface area (Å²) >= 11 is 0. The van der Waals surface area contributed by atoms with E-state index in [-0.39, 0.29) is 0 Å². The molecule has 0 saturated carbocycles. The van der Waals surface area contributed by atoms with Crippen LogP contribution in [0.5, 0.6) is 0 Å². The van der Waals surface area contributed by atoms with Crippen LogP contribution in [-0.2, 0) is 0 Å². The van der Waals surface area contributed by atoms with Gasteiger partial charge in [-0.25, -0.2) is 4.98 Å². The molecule has 1 aromatic rings. The van der Waals surface area contributed by atoms with E-state index in [9.17, 15) is 0 Å². The molecule has 1 aliphatic rings. The Morgan fingerprint density at radius 3 is 3.00 bits per heavy atom. The monoisotopic (exact) mass is 232 g/mol. The summed E-state index contributed by atoms with van der Waals surface area (Å²) in [6.07, 6.45) is 6.09. The van der Waals surface area contributed by atoms with Crippen molar-refractivity contribution in [2.24, 2.45) is 5.92 Å². The van der Waals surface area contributed by atoms with Crippen molar-refractivity contribution in [3.05, 3.63) is 24.9 Å². The van der Waals surface area contributed by atoms with Crippen molar-refractivity contribution >= 4 is 11.8 Å². The highest BCUT2D eigenvalue weighted by molar-refractivity contribution is 5.41. The fourth-order valence-corrected chi connectivity index (χ4v) is 1.98. The van der Waals surface area contributed by atoms with Crippen LogP contribution in [0.2, 0.25) is 0 Å². The first-order valence-electron chi connectivity index (χ1n) is 6.22. The molecule has 1 fully saturated rings. The fourth-order valence-electron chi connectivity index (χ4n) is 1.98. The normalized spacial score (nSPS) is 16.9. The van der Waals surface area contributed by atoms with Gasteiger partial charge < -0.3 is 10.2 Å². The third-order valence-corrected chi connectivity index (χ3v) is 3.14. The molecule has 0 radical (unpaired) electrons. The molecule has 1 aromatic heterocycles. The van der Waals surface area contributed by atoms with E-state index in [1.54, 1.807) is 0 Å². The van der Waals surface area contributed by atoms with Crippen molar-refractivity contribution < 1.29 is 0 Å². The summed E-state index contributed by atoms with van der Waals surface area (Å²) in [7, 11) is 0. The Bertz CT molecular complexity index is 369. The van der Waals surface area contributed by atoms with Gasteiger partial charge in [-0.3, -0.25) is 0 Å². The van der Waals surface area contributed by atoms with Crippen LogP contribution in [0.25, 0.3) is 0 Å². The minimum Gasteiger partial charge on any atom is -0.366 e. The lowest BCUT2D eigenvalue weighted by atomic mass is 10.00. The number of hydrogen-bond acceptors (Lipinski definition) is 4. The Kier molecular flexibility index (Phi) is 3.96. The zero-order valence-electron chi connectivity index (χ0n) is 10.4. The van der Waals surface area contributed by atoms with Gasteiger partial charge in [0.25, 0.3) is 0 Å². The lowest BCUT2D eigenvalue weighted by Crippen LogP contribution is -2.34. The van der Waals surface area contributed by atoms with Crippen molar-refractivity contribution in [3.8, 4) is 0 Å². The minimum atomic E-state index is 0.730. The van der Waals surface area contributed by atoms with Crippen LogP contribution in [0.15, 0.2) is 24.9 Å². The summed E-state index contributed by atoms with van der Waals surface area (Å²) in [6.45, 7) is 8.84. The van der Waals surface area contributed by atoms with Crippen LogP contribution in [0.1, 0.15) is 19.8 Å². The maximum absolute atomic E-state index is 4.51. The smallest absolute Gasteiger partial charge is 0.227 e. The first-order valence-corrected chi connectivity index (χ1v) is 6.22. The SMILES string of the molecule is C=CCNc1ccnc(N2CCC(C)CC2)n1. The molecule has 0 aromatic carbocycles. The Morgan fingerprint density at radius 2 is 2.29 bits per heavy atom. The molecular formula is C13H20N4. The van der Waals surface area contributed by atoms with Crippen LogP contribution in [0, 0.1) is 5.92 Å². The van der Waals surface area contributed by atoms with E-state index in [1.165, 1.54) is 12.8 Å². The predicted molar refractivity (Wildman–Crippen MR) is 71.3 cm³/mol. The Morgan fingerprint density at radius 1 is 1.53 bits per heavy atom. The first-order chi connectivity index (χ1) is 8.29. The van der Waals surface area contributed by atoms with Gasteiger partial charge in [-0.15, -0.1) is 6.58 Å². The number of hydrogen-bond donors (Lipinski definition) is 1. The summed E-state index contributed by atoms with van der Waals surface area (Å²) in [5.74, 6) is 2.54. The highest BCUT2D eigenvalue weighted by Gasteiger charge is 2.17. The molecule has 4 heteroatoms. The fraction of sp³-hybridized carbons (Fsp3) is 0.538. The molecule has 1 saturated heterocycles. The quantitative estimate of drug-likeness (QED) is 0.809. The second-order valence-corrected chi connectivity index (χ2v) is 4.58. The number of rotatable bonds is 4. The summed E-state index contributed by atoms with van der Waals surface area (Å²) in [5.41, 5.74) is 0. The second kappa shape index (κ2) is 5.66. The number of anilines is 2. The lowest BCUT2D eigenvalue weighted by molar-refractivity contribution is 0.434. The predicted octanol–water partition coefficient (Wildman–Crippen LogP) is 2.31. The molecule has 92 valence electrons. The largest absolute Gasteiger partial charge is 0.366 e. The van der Waals surface area contributed by atoms with E-state index < -0.39 is 0 Å². The maximum atomic E-state index is 4.51. The minimum absolute atomic E-state index is 0.730. The van der Waals surface area contributed by atoms with Crippen molar-refractivity contribution in [2.45, 2.75) is 19.8 Å². The molecular weight excluding hydrogens is 212 g/mol. The summed E-state index contributed by atoms with van der Waals surface area (Å²) in [5, 5.41) is 3.19. The van der Waals surface area contributed by atoms with E-state index in [2.05, 4.69) is 33.7 Å². The molecule has 2 rings (SSSR count). The van der Waals surface area contributed by atoms with Crippen molar-refractivity contribution in [2.75, 3.05) is 29.9 Å². The van der Waals surface area contributed by atoms with Gasteiger partial charge in [-0.2, -0.15) is 4.98 Å². The van der Waals surface area contributed by atoms with Crippen LogP contribution < -0.4 is 10.2 Å². The summed E-state index contributed by atoms with van der Waals surface area (Å²) < 4.78 is 0. The van der Waals surface area contributed by atoms with E-state index in [0.29, 0.717) is 0 Å². The van der Waals surface area contributed by atoms with Gasteiger partial charge in [0, 0.05) is 25.8 Å². The third kappa shape index (κ3) is 3.19.